The van der Waals surface area contributed by atoms with Gasteiger partial charge in [-0.2, -0.15) is 0 Å². The number of imidazole rings is 1. The molecule has 1 aromatic heterocycles. The second kappa shape index (κ2) is 6.53. The van der Waals surface area contributed by atoms with Crippen molar-refractivity contribution >= 4 is 16.9 Å². The molecule has 1 amide bonds. The van der Waals surface area contributed by atoms with Gasteiger partial charge in [-0.05, 0) is 50.6 Å². The highest BCUT2D eigenvalue weighted by Gasteiger charge is 2.35. The minimum Gasteiger partial charge on any atom is -0.378 e. The topological polar surface area (TPSA) is 70.2 Å². The van der Waals surface area contributed by atoms with Crippen LogP contribution in [0.2, 0.25) is 0 Å². The van der Waals surface area contributed by atoms with Gasteiger partial charge in [0.2, 0.25) is 5.91 Å². The van der Waals surface area contributed by atoms with Crippen molar-refractivity contribution in [3.05, 3.63) is 29.6 Å². The molecule has 6 nitrogen and oxygen atoms in total. The number of hydrogen-bond acceptors (Lipinski definition) is 4. The number of nitrogens with zero attached hydrogens (tertiary/aromatic N) is 2. The summed E-state index contributed by atoms with van der Waals surface area (Å²) in [6.07, 6.45) is 2.89. The van der Waals surface area contributed by atoms with Gasteiger partial charge < -0.3 is 15.0 Å². The number of likely N-dealkylation sites (tertiary alicyclic amines) is 1. The van der Waals surface area contributed by atoms with Crippen molar-refractivity contribution in [1.82, 2.24) is 20.2 Å². The van der Waals surface area contributed by atoms with Gasteiger partial charge in [0.05, 0.1) is 42.8 Å². The highest BCUT2D eigenvalue weighted by Crippen LogP contribution is 2.19. The Balaban J connectivity index is 1.39. The fourth-order valence-corrected chi connectivity index (χ4v) is 3.85. The van der Waals surface area contributed by atoms with Crippen LogP contribution in [0, 0.1) is 6.92 Å². The van der Waals surface area contributed by atoms with Gasteiger partial charge in [0.25, 0.3) is 0 Å². The molecule has 6 heteroatoms. The van der Waals surface area contributed by atoms with Gasteiger partial charge in [-0.15, -0.1) is 0 Å². The Morgan fingerprint density at radius 3 is 3.04 bits per heavy atom. The Labute approximate surface area is 141 Å². The summed E-state index contributed by atoms with van der Waals surface area (Å²) in [6, 6.07) is 6.39. The molecular weight excluding hydrogens is 304 g/mol. The molecule has 2 fully saturated rings. The molecule has 0 saturated carbocycles. The van der Waals surface area contributed by atoms with Gasteiger partial charge >= 0.3 is 0 Å². The van der Waals surface area contributed by atoms with E-state index in [0.29, 0.717) is 19.1 Å². The third kappa shape index (κ3) is 3.16. The first-order valence-electron chi connectivity index (χ1n) is 8.75. The average molecular weight is 328 g/mol. The van der Waals surface area contributed by atoms with Crippen LogP contribution in [0.5, 0.6) is 0 Å². The molecule has 2 aromatic rings. The molecule has 0 aliphatic carbocycles. The Bertz CT molecular complexity index is 736. The van der Waals surface area contributed by atoms with Gasteiger partial charge in [0.1, 0.15) is 5.82 Å². The molecule has 0 spiro atoms. The van der Waals surface area contributed by atoms with E-state index in [1.165, 1.54) is 12.8 Å². The van der Waals surface area contributed by atoms with Crippen molar-refractivity contribution in [2.75, 3.05) is 26.3 Å². The summed E-state index contributed by atoms with van der Waals surface area (Å²) in [5.41, 5.74) is 2.92. The average Bonchev–Trinajstić information content (AvgIpc) is 3.25. The molecule has 0 unspecified atom stereocenters. The SMILES string of the molecule is Cc1nc2ccc(CC(=O)N[C@@H]3COC[C@H]3N3CCCC3)cc2[nH]1. The molecule has 2 saturated heterocycles. The van der Waals surface area contributed by atoms with E-state index in [0.717, 1.165) is 42.1 Å². The van der Waals surface area contributed by atoms with Crippen LogP contribution in [0.4, 0.5) is 0 Å². The molecule has 24 heavy (non-hydrogen) atoms. The van der Waals surface area contributed by atoms with E-state index in [1.807, 2.05) is 25.1 Å². The first-order chi connectivity index (χ1) is 11.7. The van der Waals surface area contributed by atoms with E-state index in [9.17, 15) is 4.79 Å². The smallest absolute Gasteiger partial charge is 0.224 e. The number of benzene rings is 1. The predicted molar refractivity (Wildman–Crippen MR) is 91.9 cm³/mol. The zero-order chi connectivity index (χ0) is 16.5. The zero-order valence-corrected chi connectivity index (χ0v) is 14.0. The second-order valence-electron chi connectivity index (χ2n) is 6.87. The van der Waals surface area contributed by atoms with E-state index in [2.05, 4.69) is 20.2 Å². The lowest BCUT2D eigenvalue weighted by Crippen LogP contribution is -2.50. The molecule has 0 radical (unpaired) electrons. The number of hydrogen-bond donors (Lipinski definition) is 2. The fraction of sp³-hybridized carbons (Fsp3) is 0.556. The maximum Gasteiger partial charge on any atom is 0.224 e. The highest BCUT2D eigenvalue weighted by molar-refractivity contribution is 5.82. The van der Waals surface area contributed by atoms with Crippen molar-refractivity contribution in [2.45, 2.75) is 38.3 Å². The van der Waals surface area contributed by atoms with Gasteiger partial charge in [0, 0.05) is 0 Å². The number of aromatic amines is 1. The maximum atomic E-state index is 12.5. The minimum atomic E-state index is 0.0604. The number of aromatic nitrogens is 2. The number of H-pyrrole nitrogens is 1. The lowest BCUT2D eigenvalue weighted by molar-refractivity contribution is -0.121. The molecule has 0 bridgehead atoms. The van der Waals surface area contributed by atoms with Gasteiger partial charge in [-0.3, -0.25) is 9.69 Å². The molecule has 2 aliphatic heterocycles. The number of carbonyl (C=O) groups is 1. The zero-order valence-electron chi connectivity index (χ0n) is 14.0. The molecule has 128 valence electrons. The molecule has 2 aliphatic rings. The van der Waals surface area contributed by atoms with Gasteiger partial charge in [-0.25, -0.2) is 4.98 Å². The minimum absolute atomic E-state index is 0.0604. The lowest BCUT2D eigenvalue weighted by atomic mass is 10.1. The largest absolute Gasteiger partial charge is 0.378 e. The summed E-state index contributed by atoms with van der Waals surface area (Å²) in [6.45, 7) is 5.52. The Morgan fingerprint density at radius 2 is 2.21 bits per heavy atom. The van der Waals surface area contributed by atoms with Gasteiger partial charge in [-0.1, -0.05) is 6.07 Å². The summed E-state index contributed by atoms with van der Waals surface area (Å²) >= 11 is 0. The first kappa shape index (κ1) is 15.6. The van der Waals surface area contributed by atoms with Crippen LogP contribution in [-0.4, -0.2) is 59.2 Å². The highest BCUT2D eigenvalue weighted by atomic mass is 16.5. The van der Waals surface area contributed by atoms with Crippen LogP contribution >= 0.6 is 0 Å². The van der Waals surface area contributed by atoms with Crippen molar-refractivity contribution in [3.8, 4) is 0 Å². The second-order valence-corrected chi connectivity index (χ2v) is 6.87. The van der Waals surface area contributed by atoms with E-state index >= 15 is 0 Å². The Hall–Kier alpha value is -1.92. The van der Waals surface area contributed by atoms with Crippen LogP contribution in [-0.2, 0) is 16.0 Å². The van der Waals surface area contributed by atoms with Crippen LogP contribution in [0.15, 0.2) is 18.2 Å². The molecule has 4 rings (SSSR count). The predicted octanol–water partition coefficient (Wildman–Crippen LogP) is 1.39. The van der Waals surface area contributed by atoms with Crippen LogP contribution in [0.25, 0.3) is 11.0 Å². The molecule has 2 atom stereocenters. The van der Waals surface area contributed by atoms with Crippen molar-refractivity contribution in [2.24, 2.45) is 0 Å². The Kier molecular flexibility index (Phi) is 4.24. The summed E-state index contributed by atoms with van der Waals surface area (Å²) < 4.78 is 5.62. The van der Waals surface area contributed by atoms with Crippen LogP contribution < -0.4 is 5.32 Å². The van der Waals surface area contributed by atoms with E-state index in [4.69, 9.17) is 4.74 Å². The summed E-state index contributed by atoms with van der Waals surface area (Å²) in [4.78, 5) is 22.5. The number of amides is 1. The maximum absolute atomic E-state index is 12.5. The van der Waals surface area contributed by atoms with E-state index in [1.54, 1.807) is 0 Å². The van der Waals surface area contributed by atoms with E-state index < -0.39 is 0 Å². The van der Waals surface area contributed by atoms with E-state index in [-0.39, 0.29) is 11.9 Å². The van der Waals surface area contributed by atoms with Crippen molar-refractivity contribution in [1.29, 1.82) is 0 Å². The third-order valence-electron chi connectivity index (χ3n) is 5.04. The number of aryl methyl sites for hydroxylation is 1. The number of rotatable bonds is 4. The number of carbonyl (C=O) groups excluding carboxylic acids is 1. The Morgan fingerprint density at radius 1 is 1.38 bits per heavy atom. The molecule has 2 N–H and O–H groups in total. The van der Waals surface area contributed by atoms with Crippen molar-refractivity contribution < 1.29 is 9.53 Å². The molecule has 3 heterocycles. The quantitative estimate of drug-likeness (QED) is 0.890. The van der Waals surface area contributed by atoms with Crippen LogP contribution in [0.3, 0.4) is 0 Å². The lowest BCUT2D eigenvalue weighted by Gasteiger charge is -2.27. The fourth-order valence-electron chi connectivity index (χ4n) is 3.85. The molecule has 1 aromatic carbocycles. The summed E-state index contributed by atoms with van der Waals surface area (Å²) in [7, 11) is 0. The normalized spacial score (nSPS) is 24.7. The number of nitrogens with one attached hydrogen (secondary N) is 2. The summed E-state index contributed by atoms with van der Waals surface area (Å²) in [5.74, 6) is 0.952. The summed E-state index contributed by atoms with van der Waals surface area (Å²) in [5, 5.41) is 3.18. The third-order valence-corrected chi connectivity index (χ3v) is 5.04. The van der Waals surface area contributed by atoms with Gasteiger partial charge in [0.15, 0.2) is 0 Å². The first-order valence-corrected chi connectivity index (χ1v) is 8.75. The number of fused-ring (bicyclic) bond motifs is 1. The number of ether oxygens (including phenoxy) is 1. The van der Waals surface area contributed by atoms with Crippen molar-refractivity contribution in [3.63, 3.8) is 0 Å². The molecular formula is C18H24N4O2. The monoisotopic (exact) mass is 328 g/mol. The standard InChI is InChI=1S/C18H24N4O2/c1-12-19-14-5-4-13(8-15(14)20-12)9-18(23)21-16-10-24-11-17(16)22-6-2-3-7-22/h4-5,8,16-17H,2-3,6-7,9-11H2,1H3,(H,19,20)(H,21,23)/t16-,17-/m1/s1. The van der Waals surface area contributed by atoms with Crippen LogP contribution in [0.1, 0.15) is 24.2 Å².